The minimum Gasteiger partial charge on any atom is -0.368 e. The Labute approximate surface area is 441 Å². The lowest BCUT2D eigenvalue weighted by Gasteiger charge is -2.61. The van der Waals surface area contributed by atoms with Crippen LogP contribution in [0.4, 0.5) is 0 Å². The molecule has 0 saturated heterocycles. The average molecular weight is 1000 g/mol. The molecule has 8 heteroatoms. The van der Waals surface area contributed by atoms with Gasteiger partial charge in [-0.2, -0.15) is 0 Å². The third kappa shape index (κ3) is 12.1. The van der Waals surface area contributed by atoms with Gasteiger partial charge in [-0.15, -0.1) is 0 Å². The summed E-state index contributed by atoms with van der Waals surface area (Å²) in [6.45, 7) is 25.9. The van der Waals surface area contributed by atoms with Crippen LogP contribution in [0.5, 0.6) is 0 Å². The molecule has 0 spiro atoms. The van der Waals surface area contributed by atoms with E-state index in [1.54, 1.807) is 0 Å². The number of hydrogen-bond acceptors (Lipinski definition) is 5. The van der Waals surface area contributed by atoms with E-state index in [0.717, 1.165) is 96.7 Å². The zero-order valence-electron chi connectivity index (χ0n) is 48.1. The van der Waals surface area contributed by atoms with E-state index in [4.69, 9.17) is 15.2 Å². The van der Waals surface area contributed by atoms with Gasteiger partial charge in [-0.1, -0.05) is 108 Å². The smallest absolute Gasteiger partial charge is 0.246 e. The number of rotatable bonds is 23. The zero-order chi connectivity index (χ0) is 51.6. The van der Waals surface area contributed by atoms with E-state index in [0.29, 0.717) is 59.3 Å². The van der Waals surface area contributed by atoms with Crippen LogP contribution < -0.4 is 16.4 Å². The van der Waals surface area contributed by atoms with Gasteiger partial charge in [-0.05, 0) is 239 Å². The molecule has 19 atom stereocenters. The Morgan fingerprint density at radius 1 is 0.500 bits per heavy atom. The number of amides is 3. The van der Waals surface area contributed by atoms with Gasteiger partial charge < -0.3 is 25.8 Å². The highest BCUT2D eigenvalue weighted by atomic mass is 16.5. The molecule has 8 saturated carbocycles. The molecule has 3 amide bonds. The second-order valence-corrected chi connectivity index (χ2v) is 29.2. The number of carbonyl (C=O) groups is 3. The summed E-state index contributed by atoms with van der Waals surface area (Å²) in [5.41, 5.74) is 7.62. The molecular formula is C64H111N3O5. The van der Waals surface area contributed by atoms with Crippen molar-refractivity contribution in [1.29, 1.82) is 0 Å². The topological polar surface area (TPSA) is 120 Å². The molecule has 10 unspecified atom stereocenters. The van der Waals surface area contributed by atoms with Crippen molar-refractivity contribution in [2.75, 3.05) is 19.8 Å². The molecule has 8 aliphatic carbocycles. The highest BCUT2D eigenvalue weighted by molar-refractivity contribution is 5.87. The molecule has 8 rings (SSSR count). The summed E-state index contributed by atoms with van der Waals surface area (Å²) in [6.07, 6.45) is 33.8. The van der Waals surface area contributed by atoms with Gasteiger partial charge in [-0.25, -0.2) is 0 Å². The van der Waals surface area contributed by atoms with Crippen LogP contribution in [0.3, 0.4) is 0 Å². The summed E-state index contributed by atoms with van der Waals surface area (Å²) in [6, 6.07) is -0.742. The van der Waals surface area contributed by atoms with Crippen molar-refractivity contribution in [3.05, 3.63) is 0 Å². The molecule has 4 N–H and O–H groups in total. The second-order valence-electron chi connectivity index (χ2n) is 29.2. The van der Waals surface area contributed by atoms with Crippen molar-refractivity contribution in [2.24, 2.45) is 110 Å². The standard InChI is InChI=1S/C64H111N3O5/c1-41(2)15-13-17-43(5)51-24-26-53-49-22-20-45-37-47(28-32-61(45,7)55(49)30-34-63(51,53)9)71-39-58(68)66-36-12-11-19-57(60(65)70)67-59(69)40-72-48-29-33-62(8)46(38-48)21-23-50-54-27-25-52(44(6)18-14-16-42(3)4)64(54,10)35-31-56(50)62/h41-57H,11-40H2,1-10H3,(H2,65,70)(H,66,68)(H,67,69)/t43?,44?,45?,46?,47-,48-,49?,50?,51+,52+,53?,54?,55?,56?,57-,61-,62-,63+,64+/m0/s1. The van der Waals surface area contributed by atoms with Crippen LogP contribution in [0, 0.1) is 105 Å². The first-order valence-corrected chi connectivity index (χ1v) is 31.3. The van der Waals surface area contributed by atoms with Crippen LogP contribution >= 0.6 is 0 Å². The second kappa shape index (κ2) is 23.9. The Morgan fingerprint density at radius 3 is 1.40 bits per heavy atom. The Balaban J connectivity index is 0.696. The maximum Gasteiger partial charge on any atom is 0.246 e. The fourth-order valence-corrected chi connectivity index (χ4v) is 20.5. The van der Waals surface area contributed by atoms with Gasteiger partial charge in [0, 0.05) is 6.54 Å². The van der Waals surface area contributed by atoms with Gasteiger partial charge in [-0.3, -0.25) is 14.4 Å². The van der Waals surface area contributed by atoms with Crippen LogP contribution in [0.15, 0.2) is 0 Å². The Bertz CT molecular complexity index is 1800. The highest BCUT2D eigenvalue weighted by Gasteiger charge is 2.62. The Morgan fingerprint density at radius 2 is 0.944 bits per heavy atom. The number of nitrogens with one attached hydrogen (secondary N) is 2. The third-order valence-corrected chi connectivity index (χ3v) is 24.5. The van der Waals surface area contributed by atoms with Gasteiger partial charge in [0.1, 0.15) is 19.3 Å². The summed E-state index contributed by atoms with van der Waals surface area (Å²) in [5, 5.41) is 5.93. The number of primary amides is 1. The molecule has 0 aromatic rings. The lowest BCUT2D eigenvalue weighted by molar-refractivity contribution is -0.145. The maximum absolute atomic E-state index is 13.2. The van der Waals surface area contributed by atoms with Gasteiger partial charge in [0.2, 0.25) is 17.7 Å². The third-order valence-electron chi connectivity index (χ3n) is 24.5. The lowest BCUT2D eigenvalue weighted by Crippen LogP contribution is -2.54. The van der Waals surface area contributed by atoms with Gasteiger partial charge in [0.05, 0.1) is 12.2 Å². The molecule has 0 bridgehead atoms. The molecule has 8 aliphatic rings. The first-order chi connectivity index (χ1) is 34.3. The quantitative estimate of drug-likeness (QED) is 0.0881. The first kappa shape index (κ1) is 56.5. The Hall–Kier alpha value is -1.67. The van der Waals surface area contributed by atoms with E-state index >= 15 is 0 Å². The molecule has 412 valence electrons. The maximum atomic E-state index is 13.2. The highest BCUT2D eigenvalue weighted by Crippen LogP contribution is 2.70. The molecule has 0 aliphatic heterocycles. The number of carbonyl (C=O) groups excluding carboxylic acids is 3. The van der Waals surface area contributed by atoms with Crippen LogP contribution in [0.1, 0.15) is 243 Å². The van der Waals surface area contributed by atoms with Crippen LogP contribution in [-0.2, 0) is 23.9 Å². The van der Waals surface area contributed by atoms with E-state index < -0.39 is 11.9 Å². The molecular weight excluding hydrogens is 891 g/mol. The number of nitrogens with two attached hydrogens (primary N) is 1. The van der Waals surface area contributed by atoms with E-state index in [1.165, 1.54) is 128 Å². The van der Waals surface area contributed by atoms with Crippen LogP contribution in [0.2, 0.25) is 0 Å². The number of ether oxygens (including phenoxy) is 2. The van der Waals surface area contributed by atoms with E-state index in [1.807, 2.05) is 0 Å². The number of unbranched alkanes of at least 4 members (excludes halogenated alkanes) is 1. The number of hydrogen-bond donors (Lipinski definition) is 3. The lowest BCUT2D eigenvalue weighted by atomic mass is 9.44. The van der Waals surface area contributed by atoms with Gasteiger partial charge in [0.25, 0.3) is 0 Å². The summed E-state index contributed by atoms with van der Waals surface area (Å²) in [7, 11) is 0. The van der Waals surface area contributed by atoms with Crippen molar-refractivity contribution in [3.8, 4) is 0 Å². The molecule has 0 heterocycles. The summed E-state index contributed by atoms with van der Waals surface area (Å²) >= 11 is 0. The molecule has 72 heavy (non-hydrogen) atoms. The van der Waals surface area contributed by atoms with E-state index in [2.05, 4.69) is 79.9 Å². The molecule has 8 nitrogen and oxygen atoms in total. The predicted molar refractivity (Wildman–Crippen MR) is 294 cm³/mol. The van der Waals surface area contributed by atoms with E-state index in [-0.39, 0.29) is 37.2 Å². The van der Waals surface area contributed by atoms with Crippen molar-refractivity contribution in [1.82, 2.24) is 10.6 Å². The van der Waals surface area contributed by atoms with Crippen molar-refractivity contribution >= 4 is 17.7 Å². The first-order valence-electron chi connectivity index (χ1n) is 31.3. The minimum absolute atomic E-state index is 0.0299. The number of fused-ring (bicyclic) bond motifs is 10. The summed E-state index contributed by atoms with van der Waals surface area (Å²) < 4.78 is 12.7. The molecule has 0 radical (unpaired) electrons. The largest absolute Gasteiger partial charge is 0.368 e. The molecule has 0 aromatic heterocycles. The van der Waals surface area contributed by atoms with Crippen molar-refractivity contribution in [2.45, 2.75) is 261 Å². The van der Waals surface area contributed by atoms with Gasteiger partial charge in [0.15, 0.2) is 0 Å². The summed E-state index contributed by atoms with van der Waals surface area (Å²) in [4.78, 5) is 38.6. The normalized spacial score (nSPS) is 41.5. The van der Waals surface area contributed by atoms with Crippen molar-refractivity contribution in [3.63, 3.8) is 0 Å². The minimum atomic E-state index is -0.742. The predicted octanol–water partition coefficient (Wildman–Crippen LogP) is 14.3. The van der Waals surface area contributed by atoms with Crippen LogP contribution in [-0.4, -0.2) is 55.7 Å². The zero-order valence-corrected chi connectivity index (χ0v) is 48.1. The fourth-order valence-electron chi connectivity index (χ4n) is 20.5. The van der Waals surface area contributed by atoms with Gasteiger partial charge >= 0.3 is 0 Å². The fraction of sp³-hybridized carbons (Fsp3) is 0.953. The SMILES string of the molecule is CC(C)CCCC(C)[C@H]1CCC2C3CCC4C[C@@H](OCC(=O)NCCCC[C@H](NC(=O)CO[C@H]5CC[C@@]6(C)C(CCC7C6CC[C@@]6(C)C7CC[C@@H]6C(C)CCCC(C)C)C5)C(N)=O)CC[C@]4(C)C3CC[C@@]21C. The monoisotopic (exact) mass is 1000 g/mol. The van der Waals surface area contributed by atoms with E-state index in [9.17, 15) is 14.4 Å². The molecule has 8 fully saturated rings. The van der Waals surface area contributed by atoms with Crippen LogP contribution in [0.25, 0.3) is 0 Å². The molecule has 0 aromatic carbocycles. The Kier molecular flexibility index (Phi) is 18.8. The summed E-state index contributed by atoms with van der Waals surface area (Å²) in [5.74, 6) is 10.9. The van der Waals surface area contributed by atoms with Crippen molar-refractivity contribution < 1.29 is 23.9 Å². The average Bonchev–Trinajstić information content (AvgIpc) is 3.88.